The predicted octanol–water partition coefficient (Wildman–Crippen LogP) is 1.92. The molecule has 4 heteroatoms. The maximum absolute atomic E-state index is 12.7. The van der Waals surface area contributed by atoms with Crippen LogP contribution in [0.3, 0.4) is 0 Å². The van der Waals surface area contributed by atoms with E-state index in [1.165, 1.54) is 12.1 Å². The summed E-state index contributed by atoms with van der Waals surface area (Å²) in [6.45, 7) is 0. The molecule has 1 aromatic heterocycles. The fraction of sp³-hybridized carbons (Fsp3) is 0. The molecule has 0 radical (unpaired) electrons. The Kier molecular flexibility index (Phi) is 2.25. The van der Waals surface area contributed by atoms with Gasteiger partial charge < -0.3 is 10.7 Å². The molecule has 0 bridgehead atoms. The Hall–Kier alpha value is -2.10. The maximum Gasteiger partial charge on any atom is 0.265 e. The summed E-state index contributed by atoms with van der Waals surface area (Å²) < 4.78 is 12.7. The largest absolute Gasteiger partial charge is 0.364 e. The Balaban J connectivity index is 2.37. The molecule has 0 unspecified atom stereocenters. The molecule has 0 saturated heterocycles. The number of nitrogens with one attached hydrogen (secondary N) is 1. The Bertz CT molecular complexity index is 488. The minimum atomic E-state index is -0.511. The van der Waals surface area contributed by atoms with E-state index in [1.807, 2.05) is 0 Å². The molecule has 2 aromatic rings. The van der Waals surface area contributed by atoms with Crippen molar-refractivity contribution < 1.29 is 9.18 Å². The van der Waals surface area contributed by atoms with Crippen molar-refractivity contribution in [2.75, 3.05) is 0 Å². The number of nitrogens with two attached hydrogens (primary N) is 1. The molecule has 2 rings (SSSR count). The number of hydrogen-bond donors (Lipinski definition) is 2. The second kappa shape index (κ2) is 3.57. The standard InChI is InChI=1S/C11H9FN2O/c12-9-3-1-7(2-4-9)8-5-10(11(13)15)14-6-8/h1-6,14H,(H2,13,15). The van der Waals surface area contributed by atoms with Crippen molar-refractivity contribution in [1.29, 1.82) is 0 Å². The van der Waals surface area contributed by atoms with Gasteiger partial charge in [-0.15, -0.1) is 0 Å². The molecule has 0 atom stereocenters. The molecule has 0 aliphatic rings. The van der Waals surface area contributed by atoms with Gasteiger partial charge in [-0.05, 0) is 29.3 Å². The number of hydrogen-bond acceptors (Lipinski definition) is 1. The van der Waals surface area contributed by atoms with Crippen LogP contribution in [0.1, 0.15) is 10.5 Å². The molecule has 0 aliphatic carbocycles. The molecular weight excluding hydrogens is 195 g/mol. The SMILES string of the molecule is NC(=O)c1cc(-c2ccc(F)cc2)c[nH]1. The smallest absolute Gasteiger partial charge is 0.265 e. The summed E-state index contributed by atoms with van der Waals surface area (Å²) in [5, 5.41) is 0. The lowest BCUT2D eigenvalue weighted by molar-refractivity contribution is 0.0996. The number of primary amides is 1. The van der Waals surface area contributed by atoms with E-state index < -0.39 is 5.91 Å². The molecule has 0 saturated carbocycles. The lowest BCUT2D eigenvalue weighted by Crippen LogP contribution is -2.10. The number of halogens is 1. The zero-order valence-electron chi connectivity index (χ0n) is 7.83. The number of carbonyl (C=O) groups is 1. The van der Waals surface area contributed by atoms with Gasteiger partial charge in [-0.2, -0.15) is 0 Å². The third kappa shape index (κ3) is 1.88. The van der Waals surface area contributed by atoms with E-state index in [-0.39, 0.29) is 5.82 Å². The summed E-state index contributed by atoms with van der Waals surface area (Å²) in [5.41, 5.74) is 7.08. The fourth-order valence-corrected chi connectivity index (χ4v) is 1.35. The van der Waals surface area contributed by atoms with Crippen molar-refractivity contribution in [1.82, 2.24) is 4.98 Å². The highest BCUT2D eigenvalue weighted by atomic mass is 19.1. The van der Waals surface area contributed by atoms with Crippen molar-refractivity contribution in [2.45, 2.75) is 0 Å². The predicted molar refractivity (Wildman–Crippen MR) is 54.7 cm³/mol. The highest BCUT2D eigenvalue weighted by molar-refractivity contribution is 5.92. The lowest BCUT2D eigenvalue weighted by atomic mass is 10.1. The normalized spacial score (nSPS) is 10.2. The number of amides is 1. The van der Waals surface area contributed by atoms with E-state index in [1.54, 1.807) is 24.4 Å². The van der Waals surface area contributed by atoms with E-state index in [0.29, 0.717) is 5.69 Å². The summed E-state index contributed by atoms with van der Waals surface area (Å²) in [6.07, 6.45) is 1.66. The third-order valence-corrected chi connectivity index (χ3v) is 2.13. The minimum absolute atomic E-state index is 0.288. The number of aromatic amines is 1. The van der Waals surface area contributed by atoms with Crippen LogP contribution in [0.25, 0.3) is 11.1 Å². The van der Waals surface area contributed by atoms with Crippen molar-refractivity contribution >= 4 is 5.91 Å². The Morgan fingerprint density at radius 1 is 1.20 bits per heavy atom. The molecule has 1 aromatic carbocycles. The van der Waals surface area contributed by atoms with Crippen molar-refractivity contribution in [3.05, 3.63) is 48.0 Å². The highest BCUT2D eigenvalue weighted by Crippen LogP contribution is 2.20. The van der Waals surface area contributed by atoms with Crippen LogP contribution in [0, 0.1) is 5.82 Å². The van der Waals surface area contributed by atoms with E-state index >= 15 is 0 Å². The van der Waals surface area contributed by atoms with E-state index in [0.717, 1.165) is 11.1 Å². The first-order valence-electron chi connectivity index (χ1n) is 4.41. The van der Waals surface area contributed by atoms with Crippen molar-refractivity contribution in [3.63, 3.8) is 0 Å². The quantitative estimate of drug-likeness (QED) is 0.771. The van der Waals surface area contributed by atoms with Gasteiger partial charge in [0, 0.05) is 6.20 Å². The number of carbonyl (C=O) groups excluding carboxylic acids is 1. The summed E-state index contributed by atoms with van der Waals surface area (Å²) in [5.74, 6) is -0.798. The molecule has 0 aliphatic heterocycles. The molecule has 0 fully saturated rings. The second-order valence-electron chi connectivity index (χ2n) is 3.17. The number of rotatable bonds is 2. The van der Waals surface area contributed by atoms with Gasteiger partial charge in [0.05, 0.1) is 0 Å². The van der Waals surface area contributed by atoms with Gasteiger partial charge in [0.15, 0.2) is 0 Å². The van der Waals surface area contributed by atoms with E-state index in [4.69, 9.17) is 5.73 Å². The van der Waals surface area contributed by atoms with Crippen LogP contribution in [0.15, 0.2) is 36.5 Å². The van der Waals surface area contributed by atoms with E-state index in [2.05, 4.69) is 4.98 Å². The molecule has 15 heavy (non-hydrogen) atoms. The summed E-state index contributed by atoms with van der Waals surface area (Å²) >= 11 is 0. The van der Waals surface area contributed by atoms with Gasteiger partial charge in [-0.1, -0.05) is 12.1 Å². The third-order valence-electron chi connectivity index (χ3n) is 2.13. The zero-order chi connectivity index (χ0) is 10.8. The average Bonchev–Trinajstić information content (AvgIpc) is 2.68. The van der Waals surface area contributed by atoms with Gasteiger partial charge >= 0.3 is 0 Å². The van der Waals surface area contributed by atoms with Crippen LogP contribution in [0.4, 0.5) is 4.39 Å². The lowest BCUT2D eigenvalue weighted by Gasteiger charge is -1.95. The Morgan fingerprint density at radius 2 is 1.87 bits per heavy atom. The van der Waals surface area contributed by atoms with Crippen molar-refractivity contribution in [3.8, 4) is 11.1 Å². The molecule has 3 nitrogen and oxygen atoms in total. The monoisotopic (exact) mass is 204 g/mol. The van der Waals surface area contributed by atoms with Crippen LogP contribution in [0.5, 0.6) is 0 Å². The number of aromatic nitrogens is 1. The number of benzene rings is 1. The summed E-state index contributed by atoms with van der Waals surface area (Å²) in [6, 6.07) is 7.65. The molecular formula is C11H9FN2O. The number of H-pyrrole nitrogens is 1. The van der Waals surface area contributed by atoms with Crippen LogP contribution in [0.2, 0.25) is 0 Å². The van der Waals surface area contributed by atoms with Gasteiger partial charge in [-0.25, -0.2) is 4.39 Å². The minimum Gasteiger partial charge on any atom is -0.364 e. The molecule has 0 spiro atoms. The first-order valence-corrected chi connectivity index (χ1v) is 4.41. The van der Waals surface area contributed by atoms with Crippen molar-refractivity contribution in [2.24, 2.45) is 5.73 Å². The van der Waals surface area contributed by atoms with Gasteiger partial charge in [0.2, 0.25) is 0 Å². The molecule has 76 valence electrons. The Morgan fingerprint density at radius 3 is 2.40 bits per heavy atom. The molecule has 1 heterocycles. The van der Waals surface area contributed by atoms with Crippen LogP contribution in [-0.2, 0) is 0 Å². The molecule has 1 amide bonds. The van der Waals surface area contributed by atoms with Gasteiger partial charge in [-0.3, -0.25) is 4.79 Å². The van der Waals surface area contributed by atoms with E-state index in [9.17, 15) is 9.18 Å². The summed E-state index contributed by atoms with van der Waals surface area (Å²) in [7, 11) is 0. The molecule has 3 N–H and O–H groups in total. The maximum atomic E-state index is 12.7. The first kappa shape index (κ1) is 9.45. The Labute approximate surface area is 85.7 Å². The van der Waals surface area contributed by atoms with Gasteiger partial charge in [0.1, 0.15) is 11.5 Å². The zero-order valence-corrected chi connectivity index (χ0v) is 7.83. The van der Waals surface area contributed by atoms with Crippen LogP contribution >= 0.6 is 0 Å². The second-order valence-corrected chi connectivity index (χ2v) is 3.17. The topological polar surface area (TPSA) is 58.9 Å². The first-order chi connectivity index (χ1) is 7.16. The fourth-order valence-electron chi connectivity index (χ4n) is 1.35. The summed E-state index contributed by atoms with van der Waals surface area (Å²) in [4.78, 5) is 13.6. The van der Waals surface area contributed by atoms with Crippen LogP contribution < -0.4 is 5.73 Å². The van der Waals surface area contributed by atoms with Gasteiger partial charge in [0.25, 0.3) is 5.91 Å². The highest BCUT2D eigenvalue weighted by Gasteiger charge is 2.05. The van der Waals surface area contributed by atoms with Crippen LogP contribution in [-0.4, -0.2) is 10.9 Å². The average molecular weight is 204 g/mol.